The molecule has 3 unspecified atom stereocenters. The quantitative estimate of drug-likeness (QED) is 0.161. The van der Waals surface area contributed by atoms with Gasteiger partial charge in [-0.15, -0.1) is 0 Å². The number of alkyl halides is 1. The first-order chi connectivity index (χ1) is 21.5. The van der Waals surface area contributed by atoms with Crippen molar-refractivity contribution in [1.82, 2.24) is 10.2 Å². The number of amidine groups is 1. The summed E-state index contributed by atoms with van der Waals surface area (Å²) in [6, 6.07) is 7.54. The van der Waals surface area contributed by atoms with E-state index >= 15 is 0 Å². The van der Waals surface area contributed by atoms with Gasteiger partial charge in [-0.1, -0.05) is 105 Å². The Hall–Kier alpha value is -3.67. The largest absolute Gasteiger partial charge is 0.382 e. The number of amides is 1. The highest BCUT2D eigenvalue weighted by Crippen LogP contribution is 2.37. The fraction of sp³-hybridized carbons (Fsp3) is 0.487. The fourth-order valence-electron chi connectivity index (χ4n) is 5.42. The SMILES string of the molecule is C=C(/C=C(\C=C/CCC)CF)NC(=O)c1ccc(/C(=C2\C(N)=NC=CN2C(=C)C(CCC(C)C)CC(C)CC)C(C)CC)cc1. The van der Waals surface area contributed by atoms with Crippen molar-refractivity contribution in [2.45, 2.75) is 93.4 Å². The lowest BCUT2D eigenvalue weighted by molar-refractivity contribution is 0.0967. The highest BCUT2D eigenvalue weighted by molar-refractivity contribution is 6.05. The molecular formula is C39H57FN4O. The number of carbonyl (C=O) groups is 1. The van der Waals surface area contributed by atoms with Gasteiger partial charge in [0.25, 0.3) is 5.91 Å². The van der Waals surface area contributed by atoms with E-state index in [2.05, 4.69) is 76.8 Å². The molecule has 1 aromatic rings. The number of allylic oxidation sites excluding steroid dienone is 6. The molecule has 0 aliphatic carbocycles. The Balaban J connectivity index is 2.46. The average Bonchev–Trinajstić information content (AvgIpc) is 3.02. The van der Waals surface area contributed by atoms with Crippen LogP contribution in [-0.4, -0.2) is 23.3 Å². The van der Waals surface area contributed by atoms with Crippen molar-refractivity contribution in [2.24, 2.45) is 34.4 Å². The van der Waals surface area contributed by atoms with Gasteiger partial charge in [0, 0.05) is 29.4 Å². The molecule has 1 aliphatic rings. The van der Waals surface area contributed by atoms with Gasteiger partial charge in [-0.2, -0.15) is 0 Å². The predicted octanol–water partition coefficient (Wildman–Crippen LogP) is 10.1. The molecule has 1 aliphatic heterocycles. The molecule has 6 heteroatoms. The molecule has 45 heavy (non-hydrogen) atoms. The van der Waals surface area contributed by atoms with Crippen LogP contribution in [0.4, 0.5) is 4.39 Å². The van der Waals surface area contributed by atoms with Crippen LogP contribution >= 0.6 is 0 Å². The van der Waals surface area contributed by atoms with E-state index in [1.54, 1.807) is 30.5 Å². The summed E-state index contributed by atoms with van der Waals surface area (Å²) in [6.07, 6.45) is 16.1. The molecule has 246 valence electrons. The van der Waals surface area contributed by atoms with Crippen LogP contribution in [0.2, 0.25) is 0 Å². The van der Waals surface area contributed by atoms with E-state index in [9.17, 15) is 9.18 Å². The predicted molar refractivity (Wildman–Crippen MR) is 191 cm³/mol. The first-order valence-electron chi connectivity index (χ1n) is 16.7. The normalized spacial score (nSPS) is 16.9. The number of benzene rings is 1. The monoisotopic (exact) mass is 616 g/mol. The Bertz CT molecular complexity index is 1300. The number of carbonyl (C=O) groups excluding carboxylic acids is 1. The highest BCUT2D eigenvalue weighted by atomic mass is 19.1. The average molecular weight is 617 g/mol. The molecule has 1 aromatic carbocycles. The van der Waals surface area contributed by atoms with Gasteiger partial charge in [0.15, 0.2) is 0 Å². The van der Waals surface area contributed by atoms with Gasteiger partial charge in [0.05, 0.1) is 5.70 Å². The number of nitrogens with zero attached hydrogens (tertiary/aromatic N) is 2. The van der Waals surface area contributed by atoms with Gasteiger partial charge < -0.3 is 16.0 Å². The third-order valence-corrected chi connectivity index (χ3v) is 8.56. The molecule has 0 fully saturated rings. The van der Waals surface area contributed by atoms with E-state index in [1.807, 2.05) is 24.4 Å². The van der Waals surface area contributed by atoms with Crippen molar-refractivity contribution in [2.75, 3.05) is 6.67 Å². The number of nitrogens with one attached hydrogen (secondary N) is 1. The van der Waals surface area contributed by atoms with Crippen molar-refractivity contribution in [3.8, 4) is 0 Å². The minimum Gasteiger partial charge on any atom is -0.382 e. The molecule has 0 saturated carbocycles. The minimum atomic E-state index is -0.627. The van der Waals surface area contributed by atoms with Crippen LogP contribution in [0.5, 0.6) is 0 Å². The second-order valence-corrected chi connectivity index (χ2v) is 12.8. The summed E-state index contributed by atoms with van der Waals surface area (Å²) >= 11 is 0. The summed E-state index contributed by atoms with van der Waals surface area (Å²) in [5.74, 6) is 1.85. The minimum absolute atomic E-state index is 0.170. The zero-order valence-corrected chi connectivity index (χ0v) is 28.8. The van der Waals surface area contributed by atoms with E-state index in [0.717, 1.165) is 67.5 Å². The lowest BCUT2D eigenvalue weighted by atomic mass is 9.85. The zero-order valence-electron chi connectivity index (χ0n) is 28.8. The van der Waals surface area contributed by atoms with Crippen molar-refractivity contribution in [3.63, 3.8) is 0 Å². The van der Waals surface area contributed by atoms with Crippen LogP contribution in [0.25, 0.3) is 5.57 Å². The Morgan fingerprint density at radius 1 is 1.04 bits per heavy atom. The lowest BCUT2D eigenvalue weighted by Crippen LogP contribution is -2.34. The maximum atomic E-state index is 13.5. The first kappa shape index (κ1) is 37.5. The molecule has 1 amide bonds. The smallest absolute Gasteiger partial charge is 0.255 e. The molecule has 0 bridgehead atoms. The van der Waals surface area contributed by atoms with E-state index in [-0.39, 0.29) is 11.8 Å². The van der Waals surface area contributed by atoms with E-state index in [0.29, 0.717) is 40.4 Å². The lowest BCUT2D eigenvalue weighted by Gasteiger charge is -2.36. The van der Waals surface area contributed by atoms with Crippen LogP contribution < -0.4 is 11.1 Å². The van der Waals surface area contributed by atoms with Crippen LogP contribution in [0, 0.1) is 23.7 Å². The van der Waals surface area contributed by atoms with Crippen LogP contribution in [0.15, 0.2) is 95.7 Å². The topological polar surface area (TPSA) is 70.7 Å². The number of aliphatic imine (C=N–C) groups is 1. The molecule has 0 aromatic heterocycles. The van der Waals surface area contributed by atoms with Gasteiger partial charge in [-0.3, -0.25) is 4.79 Å². The van der Waals surface area contributed by atoms with Gasteiger partial charge in [0.2, 0.25) is 0 Å². The van der Waals surface area contributed by atoms with Crippen molar-refractivity contribution < 1.29 is 9.18 Å². The van der Waals surface area contributed by atoms with Gasteiger partial charge in [-0.05, 0) is 84.3 Å². The summed E-state index contributed by atoms with van der Waals surface area (Å²) in [5.41, 5.74) is 11.9. The van der Waals surface area contributed by atoms with Gasteiger partial charge >= 0.3 is 0 Å². The molecule has 0 spiro atoms. The summed E-state index contributed by atoms with van der Waals surface area (Å²) < 4.78 is 13.5. The first-order valence-corrected chi connectivity index (χ1v) is 16.7. The van der Waals surface area contributed by atoms with Gasteiger partial charge in [0.1, 0.15) is 12.5 Å². The number of nitrogens with two attached hydrogens (primary N) is 1. The molecule has 1 heterocycles. The molecule has 0 radical (unpaired) electrons. The molecule has 3 N–H and O–H groups in total. The third kappa shape index (κ3) is 11.3. The molecule has 3 atom stereocenters. The van der Waals surface area contributed by atoms with E-state index in [1.165, 1.54) is 0 Å². The van der Waals surface area contributed by atoms with Crippen LogP contribution in [0.3, 0.4) is 0 Å². The number of halogens is 1. The van der Waals surface area contributed by atoms with Gasteiger partial charge in [-0.25, -0.2) is 9.38 Å². The summed E-state index contributed by atoms with van der Waals surface area (Å²) in [6.45, 7) is 23.4. The number of hydrogen-bond acceptors (Lipinski definition) is 4. The number of rotatable bonds is 18. The molecule has 5 nitrogen and oxygen atoms in total. The van der Waals surface area contributed by atoms with E-state index < -0.39 is 6.67 Å². The Kier molecular flexibility index (Phi) is 15.8. The molecule has 0 saturated heterocycles. The second-order valence-electron chi connectivity index (χ2n) is 12.8. The van der Waals surface area contributed by atoms with Crippen molar-refractivity contribution in [3.05, 3.63) is 102 Å². The summed E-state index contributed by atoms with van der Waals surface area (Å²) in [4.78, 5) is 19.7. The number of hydrogen-bond donors (Lipinski definition) is 2. The zero-order chi connectivity index (χ0) is 33.5. The van der Waals surface area contributed by atoms with Crippen molar-refractivity contribution >= 4 is 17.3 Å². The third-order valence-electron chi connectivity index (χ3n) is 8.56. The Labute approximate surface area is 272 Å². The standard InChI is InChI=1S/C39H57FN4O/c1-10-13-14-15-32(26-40)25-30(8)43-39(45)34-20-18-33(19-21-34)36(29(7)12-3)37-38(41)42-22-23-44(37)31(9)35(17-16-27(4)5)24-28(6)11-2/h14-15,18-23,25,27-29,35H,8-13,16-17,24,26H2,1-7H3,(H2,41,42)(H,43,45)/b15-14-,32-25+,37-36+. The summed E-state index contributed by atoms with van der Waals surface area (Å²) in [7, 11) is 0. The van der Waals surface area contributed by atoms with E-state index in [4.69, 9.17) is 5.73 Å². The second kappa shape index (κ2) is 19.0. The number of unbranched alkanes of at least 4 members (excludes halogenated alkanes) is 1. The highest BCUT2D eigenvalue weighted by Gasteiger charge is 2.29. The van der Waals surface area contributed by atoms with Crippen LogP contribution in [0.1, 0.15) is 109 Å². The Morgan fingerprint density at radius 2 is 1.71 bits per heavy atom. The molecule has 2 rings (SSSR count). The molecular weight excluding hydrogens is 559 g/mol. The maximum absolute atomic E-state index is 13.5. The summed E-state index contributed by atoms with van der Waals surface area (Å²) in [5, 5.41) is 2.79. The van der Waals surface area contributed by atoms with Crippen LogP contribution in [-0.2, 0) is 0 Å². The maximum Gasteiger partial charge on any atom is 0.255 e. The Morgan fingerprint density at radius 3 is 2.29 bits per heavy atom. The van der Waals surface area contributed by atoms with Crippen molar-refractivity contribution in [1.29, 1.82) is 0 Å². The fourth-order valence-corrected chi connectivity index (χ4v) is 5.42.